The normalized spacial score (nSPS) is 14.5. The van der Waals surface area contributed by atoms with E-state index in [0.717, 1.165) is 25.1 Å². The van der Waals surface area contributed by atoms with Gasteiger partial charge in [-0.05, 0) is 59.4 Å². The first kappa shape index (κ1) is 18.2. The molecular weight excluding hydrogens is 262 g/mol. The number of hydrogen-bond donors (Lipinski definition) is 2. The minimum atomic E-state index is 0.0217. The van der Waals surface area contributed by atoms with Crippen LogP contribution >= 0.6 is 0 Å². The second kappa shape index (κ2) is 6.93. The van der Waals surface area contributed by atoms with Gasteiger partial charge >= 0.3 is 0 Å². The summed E-state index contributed by atoms with van der Waals surface area (Å²) in [4.78, 5) is 0. The number of hydrogen-bond acceptors (Lipinski definition) is 3. The van der Waals surface area contributed by atoms with E-state index in [1.165, 1.54) is 5.56 Å². The molecule has 2 N–H and O–H groups in total. The van der Waals surface area contributed by atoms with Crippen LogP contribution in [-0.4, -0.2) is 28.0 Å². The SMILES string of the molecule is Cc1nn(C(C)(C)C)cc1C(C)NCCCC(C)(C)CO. The van der Waals surface area contributed by atoms with E-state index in [0.29, 0.717) is 6.04 Å². The summed E-state index contributed by atoms with van der Waals surface area (Å²) in [6.45, 7) is 16.2. The van der Waals surface area contributed by atoms with Crippen molar-refractivity contribution in [1.82, 2.24) is 15.1 Å². The van der Waals surface area contributed by atoms with Crippen LogP contribution in [0.1, 0.15) is 71.7 Å². The third-order valence-electron chi connectivity index (χ3n) is 4.00. The number of nitrogens with zero attached hydrogens (tertiary/aromatic N) is 2. The molecule has 4 heteroatoms. The molecule has 0 saturated heterocycles. The Bertz CT molecular complexity index is 443. The van der Waals surface area contributed by atoms with Crippen LogP contribution in [0.15, 0.2) is 6.20 Å². The first-order chi connectivity index (χ1) is 9.57. The van der Waals surface area contributed by atoms with Gasteiger partial charge in [-0.15, -0.1) is 0 Å². The molecule has 1 aromatic heterocycles. The summed E-state index contributed by atoms with van der Waals surface area (Å²) in [7, 11) is 0. The first-order valence-corrected chi connectivity index (χ1v) is 7.98. The van der Waals surface area contributed by atoms with Gasteiger partial charge in [-0.1, -0.05) is 13.8 Å². The number of aryl methyl sites for hydroxylation is 1. The Morgan fingerprint density at radius 2 is 1.90 bits per heavy atom. The summed E-state index contributed by atoms with van der Waals surface area (Å²) >= 11 is 0. The van der Waals surface area contributed by atoms with E-state index < -0.39 is 0 Å². The average molecular weight is 295 g/mol. The molecule has 0 fully saturated rings. The van der Waals surface area contributed by atoms with Crippen molar-refractivity contribution in [2.24, 2.45) is 5.41 Å². The molecule has 0 spiro atoms. The van der Waals surface area contributed by atoms with Crippen LogP contribution in [0.4, 0.5) is 0 Å². The summed E-state index contributed by atoms with van der Waals surface area (Å²) in [6.07, 6.45) is 4.26. The van der Waals surface area contributed by atoms with Gasteiger partial charge < -0.3 is 10.4 Å². The largest absolute Gasteiger partial charge is 0.396 e. The van der Waals surface area contributed by atoms with Gasteiger partial charge in [0.1, 0.15) is 0 Å². The number of aliphatic hydroxyl groups is 1. The van der Waals surface area contributed by atoms with Gasteiger partial charge in [-0.3, -0.25) is 4.68 Å². The summed E-state index contributed by atoms with van der Waals surface area (Å²) in [5.41, 5.74) is 2.42. The molecule has 1 unspecified atom stereocenters. The maximum Gasteiger partial charge on any atom is 0.0641 e. The maximum absolute atomic E-state index is 9.26. The molecule has 1 heterocycles. The van der Waals surface area contributed by atoms with E-state index in [9.17, 15) is 5.11 Å². The summed E-state index contributed by atoms with van der Waals surface area (Å²) in [6, 6.07) is 0.304. The van der Waals surface area contributed by atoms with Crippen LogP contribution in [0.5, 0.6) is 0 Å². The molecule has 4 nitrogen and oxygen atoms in total. The Balaban J connectivity index is 2.53. The average Bonchev–Trinajstić information content (AvgIpc) is 2.76. The second-order valence-corrected chi connectivity index (χ2v) is 7.89. The zero-order chi connectivity index (χ0) is 16.3. The van der Waals surface area contributed by atoms with Crippen molar-refractivity contribution in [3.8, 4) is 0 Å². The Kier molecular flexibility index (Phi) is 6.00. The van der Waals surface area contributed by atoms with Gasteiger partial charge in [0.15, 0.2) is 0 Å². The molecule has 0 aromatic carbocycles. The molecule has 0 amide bonds. The van der Waals surface area contributed by atoms with Gasteiger partial charge in [0, 0.05) is 24.4 Å². The highest BCUT2D eigenvalue weighted by Crippen LogP contribution is 2.23. The smallest absolute Gasteiger partial charge is 0.0641 e. The fourth-order valence-corrected chi connectivity index (χ4v) is 2.32. The van der Waals surface area contributed by atoms with E-state index >= 15 is 0 Å². The van der Waals surface area contributed by atoms with Gasteiger partial charge in [0.25, 0.3) is 0 Å². The predicted octanol–water partition coefficient (Wildman–Crippen LogP) is 3.40. The Hall–Kier alpha value is -0.870. The van der Waals surface area contributed by atoms with Crippen molar-refractivity contribution in [3.63, 3.8) is 0 Å². The van der Waals surface area contributed by atoms with Crippen molar-refractivity contribution < 1.29 is 5.11 Å². The summed E-state index contributed by atoms with van der Waals surface area (Å²) < 4.78 is 2.05. The number of aliphatic hydroxyl groups excluding tert-OH is 1. The molecule has 122 valence electrons. The highest BCUT2D eigenvalue weighted by Gasteiger charge is 2.19. The van der Waals surface area contributed by atoms with E-state index in [4.69, 9.17) is 0 Å². The second-order valence-electron chi connectivity index (χ2n) is 7.89. The molecule has 0 bridgehead atoms. The Morgan fingerprint density at radius 1 is 1.29 bits per heavy atom. The minimum absolute atomic E-state index is 0.0217. The lowest BCUT2D eigenvalue weighted by atomic mass is 9.89. The topological polar surface area (TPSA) is 50.1 Å². The summed E-state index contributed by atoms with van der Waals surface area (Å²) in [5, 5.41) is 17.5. The van der Waals surface area contributed by atoms with Gasteiger partial charge in [0.2, 0.25) is 0 Å². The zero-order valence-electron chi connectivity index (χ0n) is 14.8. The molecule has 1 rings (SSSR count). The van der Waals surface area contributed by atoms with Crippen LogP contribution in [0.2, 0.25) is 0 Å². The molecule has 1 aromatic rings. The van der Waals surface area contributed by atoms with Gasteiger partial charge in [0.05, 0.1) is 11.2 Å². The summed E-state index contributed by atoms with van der Waals surface area (Å²) in [5.74, 6) is 0. The molecule has 0 saturated carbocycles. The van der Waals surface area contributed by atoms with Crippen molar-refractivity contribution in [3.05, 3.63) is 17.5 Å². The molecule has 0 aliphatic heterocycles. The molecule has 21 heavy (non-hydrogen) atoms. The fourth-order valence-electron chi connectivity index (χ4n) is 2.32. The van der Waals surface area contributed by atoms with Crippen LogP contribution in [-0.2, 0) is 5.54 Å². The van der Waals surface area contributed by atoms with Crippen LogP contribution in [0.3, 0.4) is 0 Å². The highest BCUT2D eigenvalue weighted by molar-refractivity contribution is 5.20. The monoisotopic (exact) mass is 295 g/mol. The van der Waals surface area contributed by atoms with Gasteiger partial charge in [-0.25, -0.2) is 0 Å². The first-order valence-electron chi connectivity index (χ1n) is 7.98. The molecular formula is C17H33N3O. The van der Waals surface area contributed by atoms with E-state index in [2.05, 4.69) is 65.1 Å². The maximum atomic E-state index is 9.26. The van der Waals surface area contributed by atoms with Crippen LogP contribution in [0, 0.1) is 12.3 Å². The quantitative estimate of drug-likeness (QED) is 0.758. The predicted molar refractivity (Wildman–Crippen MR) is 88.5 cm³/mol. The third kappa shape index (κ3) is 5.44. The lowest BCUT2D eigenvalue weighted by molar-refractivity contribution is 0.147. The number of rotatable bonds is 7. The van der Waals surface area contributed by atoms with E-state index in [1.54, 1.807) is 0 Å². The van der Waals surface area contributed by atoms with E-state index in [1.807, 2.05) is 4.68 Å². The molecule has 0 aliphatic carbocycles. The van der Waals surface area contributed by atoms with Crippen LogP contribution in [0.25, 0.3) is 0 Å². The minimum Gasteiger partial charge on any atom is -0.396 e. The van der Waals surface area contributed by atoms with Crippen molar-refractivity contribution in [2.75, 3.05) is 13.2 Å². The van der Waals surface area contributed by atoms with E-state index in [-0.39, 0.29) is 17.6 Å². The molecule has 0 aliphatic rings. The Labute approximate surface area is 129 Å². The molecule has 1 atom stereocenters. The lowest BCUT2D eigenvalue weighted by Gasteiger charge is -2.22. The van der Waals surface area contributed by atoms with Crippen LogP contribution < -0.4 is 5.32 Å². The highest BCUT2D eigenvalue weighted by atomic mass is 16.3. The fraction of sp³-hybridized carbons (Fsp3) is 0.824. The zero-order valence-corrected chi connectivity index (χ0v) is 14.8. The lowest BCUT2D eigenvalue weighted by Crippen LogP contribution is -2.24. The third-order valence-corrected chi connectivity index (χ3v) is 4.00. The number of nitrogens with one attached hydrogen (secondary N) is 1. The molecule has 0 radical (unpaired) electrons. The Morgan fingerprint density at radius 3 is 2.38 bits per heavy atom. The van der Waals surface area contributed by atoms with Gasteiger partial charge in [-0.2, -0.15) is 5.10 Å². The van der Waals surface area contributed by atoms with Crippen molar-refractivity contribution >= 4 is 0 Å². The van der Waals surface area contributed by atoms with Crippen molar-refractivity contribution in [1.29, 1.82) is 0 Å². The standard InChI is InChI=1S/C17H33N3O/c1-13(18-10-8-9-17(6,7)12-21)15-11-20(16(3,4)5)19-14(15)2/h11,13,18,21H,8-10,12H2,1-7H3. The number of aromatic nitrogens is 2. The van der Waals surface area contributed by atoms with Crippen molar-refractivity contribution in [2.45, 2.75) is 72.9 Å².